The Morgan fingerprint density at radius 1 is 1.61 bits per heavy atom. The molecule has 1 saturated heterocycles. The minimum absolute atomic E-state index is 0.492. The van der Waals surface area contributed by atoms with Gasteiger partial charge in [-0.3, -0.25) is 0 Å². The van der Waals surface area contributed by atoms with Crippen LogP contribution in [0.4, 0.5) is 0 Å². The van der Waals surface area contributed by atoms with E-state index in [4.69, 9.17) is 4.74 Å². The fourth-order valence-electron chi connectivity index (χ4n) is 2.61. The molecule has 2 unspecified atom stereocenters. The Bertz CT molecular complexity index is 345. The van der Waals surface area contributed by atoms with Crippen LogP contribution >= 0.6 is 0 Å². The van der Waals surface area contributed by atoms with Crippen molar-refractivity contribution in [3.05, 3.63) is 18.2 Å². The number of nitrogens with zero attached hydrogens (tertiary/aromatic N) is 2. The van der Waals surface area contributed by atoms with Crippen molar-refractivity contribution in [1.29, 1.82) is 0 Å². The fraction of sp³-hybridized carbons (Fsp3) is 0.786. The molecule has 4 heteroatoms. The van der Waals surface area contributed by atoms with E-state index in [9.17, 15) is 0 Å². The van der Waals surface area contributed by atoms with E-state index >= 15 is 0 Å². The normalized spacial score (nSPS) is 22.0. The van der Waals surface area contributed by atoms with Gasteiger partial charge in [-0.2, -0.15) is 0 Å². The largest absolute Gasteiger partial charge is 0.381 e. The van der Waals surface area contributed by atoms with Crippen molar-refractivity contribution in [1.82, 2.24) is 14.9 Å². The Kier molecular flexibility index (Phi) is 5.20. The third-order valence-corrected chi connectivity index (χ3v) is 3.74. The van der Waals surface area contributed by atoms with Gasteiger partial charge < -0.3 is 14.6 Å². The van der Waals surface area contributed by atoms with Crippen molar-refractivity contribution in [3.8, 4) is 0 Å². The Morgan fingerprint density at radius 3 is 3.11 bits per heavy atom. The van der Waals surface area contributed by atoms with Crippen LogP contribution in [0.2, 0.25) is 0 Å². The molecule has 1 aliphatic rings. The van der Waals surface area contributed by atoms with Crippen LogP contribution in [0.3, 0.4) is 0 Å². The molecular weight excluding hydrogens is 226 g/mol. The standard InChI is InChI=1S/C14H25N3O/c1-3-6-15-13(12-5-4-9-18-11-12)10-14-16-7-8-17(14)2/h7-8,12-13,15H,3-6,9-11H2,1-2H3. The quantitative estimate of drug-likeness (QED) is 0.837. The molecule has 2 heterocycles. The van der Waals surface area contributed by atoms with Gasteiger partial charge in [0.15, 0.2) is 0 Å². The van der Waals surface area contributed by atoms with E-state index in [2.05, 4.69) is 28.8 Å². The van der Waals surface area contributed by atoms with Gasteiger partial charge >= 0.3 is 0 Å². The number of hydrogen-bond donors (Lipinski definition) is 1. The third kappa shape index (κ3) is 3.56. The summed E-state index contributed by atoms with van der Waals surface area (Å²) in [5.74, 6) is 1.79. The van der Waals surface area contributed by atoms with Gasteiger partial charge in [-0.25, -0.2) is 4.98 Å². The van der Waals surface area contributed by atoms with Gasteiger partial charge in [-0.1, -0.05) is 6.92 Å². The van der Waals surface area contributed by atoms with Gasteiger partial charge in [-0.15, -0.1) is 0 Å². The van der Waals surface area contributed by atoms with Crippen LogP contribution in [-0.4, -0.2) is 35.4 Å². The first-order valence-electron chi connectivity index (χ1n) is 7.08. The predicted molar refractivity (Wildman–Crippen MR) is 72.5 cm³/mol. The third-order valence-electron chi connectivity index (χ3n) is 3.74. The topological polar surface area (TPSA) is 39.1 Å². The van der Waals surface area contributed by atoms with Crippen molar-refractivity contribution >= 4 is 0 Å². The lowest BCUT2D eigenvalue weighted by atomic mass is 9.91. The Labute approximate surface area is 110 Å². The van der Waals surface area contributed by atoms with E-state index in [1.54, 1.807) is 0 Å². The lowest BCUT2D eigenvalue weighted by Crippen LogP contribution is -2.42. The highest BCUT2D eigenvalue weighted by molar-refractivity contribution is 4.96. The highest BCUT2D eigenvalue weighted by atomic mass is 16.5. The Hall–Kier alpha value is -0.870. The summed E-state index contributed by atoms with van der Waals surface area (Å²) in [7, 11) is 2.07. The number of hydrogen-bond acceptors (Lipinski definition) is 3. The highest BCUT2D eigenvalue weighted by Crippen LogP contribution is 2.20. The molecule has 1 fully saturated rings. The summed E-state index contributed by atoms with van der Waals surface area (Å²) in [5, 5.41) is 3.67. The highest BCUT2D eigenvalue weighted by Gasteiger charge is 2.24. The van der Waals surface area contributed by atoms with Crippen molar-refractivity contribution in [3.63, 3.8) is 0 Å². The Balaban J connectivity index is 1.97. The SMILES string of the molecule is CCCNC(Cc1nccn1C)C1CCCOC1. The maximum atomic E-state index is 5.63. The molecule has 1 aliphatic heterocycles. The number of rotatable bonds is 6. The first kappa shape index (κ1) is 13.6. The van der Waals surface area contributed by atoms with Crippen LogP contribution in [0.5, 0.6) is 0 Å². The van der Waals surface area contributed by atoms with Crippen LogP contribution in [0.15, 0.2) is 12.4 Å². The summed E-state index contributed by atoms with van der Waals surface area (Å²) in [4.78, 5) is 4.44. The second-order valence-corrected chi connectivity index (χ2v) is 5.20. The minimum atomic E-state index is 0.492. The first-order chi connectivity index (χ1) is 8.81. The zero-order valence-corrected chi connectivity index (χ0v) is 11.6. The molecule has 0 saturated carbocycles. The molecule has 2 rings (SSSR count). The molecule has 1 N–H and O–H groups in total. The van der Waals surface area contributed by atoms with E-state index in [1.165, 1.54) is 19.3 Å². The molecule has 0 bridgehead atoms. The van der Waals surface area contributed by atoms with Gasteiger partial charge in [0.05, 0.1) is 6.61 Å². The van der Waals surface area contributed by atoms with E-state index < -0.39 is 0 Å². The zero-order valence-electron chi connectivity index (χ0n) is 11.6. The molecule has 1 aromatic rings. The molecule has 0 amide bonds. The molecule has 102 valence electrons. The predicted octanol–water partition coefficient (Wildman–Crippen LogP) is 1.76. The number of aryl methyl sites for hydroxylation is 1. The maximum absolute atomic E-state index is 5.63. The van der Waals surface area contributed by atoms with Crippen molar-refractivity contribution < 1.29 is 4.74 Å². The summed E-state index contributed by atoms with van der Waals surface area (Å²) < 4.78 is 7.74. The monoisotopic (exact) mass is 251 g/mol. The summed E-state index contributed by atoms with van der Waals surface area (Å²) in [6.45, 7) is 5.11. The number of imidazole rings is 1. The number of ether oxygens (including phenoxy) is 1. The molecule has 0 aromatic carbocycles. The summed E-state index contributed by atoms with van der Waals surface area (Å²) >= 11 is 0. The van der Waals surface area contributed by atoms with Crippen LogP contribution in [0, 0.1) is 5.92 Å². The minimum Gasteiger partial charge on any atom is -0.381 e. The average molecular weight is 251 g/mol. The number of nitrogens with one attached hydrogen (secondary N) is 1. The van der Waals surface area contributed by atoms with Crippen molar-refractivity contribution in [2.75, 3.05) is 19.8 Å². The van der Waals surface area contributed by atoms with Gasteiger partial charge in [0.1, 0.15) is 5.82 Å². The molecule has 18 heavy (non-hydrogen) atoms. The van der Waals surface area contributed by atoms with Crippen molar-refractivity contribution in [2.24, 2.45) is 13.0 Å². The van der Waals surface area contributed by atoms with E-state index in [0.29, 0.717) is 12.0 Å². The van der Waals surface area contributed by atoms with E-state index in [1.807, 2.05) is 12.4 Å². The van der Waals surface area contributed by atoms with Gasteiger partial charge in [0.2, 0.25) is 0 Å². The second kappa shape index (κ2) is 6.90. The molecular formula is C14H25N3O. The molecule has 0 radical (unpaired) electrons. The lowest BCUT2D eigenvalue weighted by Gasteiger charge is -2.31. The van der Waals surface area contributed by atoms with Crippen molar-refractivity contribution in [2.45, 2.75) is 38.6 Å². The van der Waals surface area contributed by atoms with Crippen LogP contribution in [-0.2, 0) is 18.2 Å². The first-order valence-corrected chi connectivity index (χ1v) is 7.08. The summed E-state index contributed by atoms with van der Waals surface area (Å²) in [6, 6.07) is 0.492. The van der Waals surface area contributed by atoms with E-state index in [0.717, 1.165) is 32.0 Å². The van der Waals surface area contributed by atoms with Crippen LogP contribution in [0.25, 0.3) is 0 Å². The zero-order chi connectivity index (χ0) is 12.8. The average Bonchev–Trinajstić information content (AvgIpc) is 2.81. The van der Waals surface area contributed by atoms with E-state index in [-0.39, 0.29) is 0 Å². The summed E-state index contributed by atoms with van der Waals surface area (Å²) in [5.41, 5.74) is 0. The lowest BCUT2D eigenvalue weighted by molar-refractivity contribution is 0.0389. The van der Waals surface area contributed by atoms with Crippen LogP contribution < -0.4 is 5.32 Å². The van der Waals surface area contributed by atoms with Gasteiger partial charge in [0, 0.05) is 38.5 Å². The smallest absolute Gasteiger partial charge is 0.109 e. The van der Waals surface area contributed by atoms with Gasteiger partial charge in [-0.05, 0) is 31.7 Å². The molecule has 0 aliphatic carbocycles. The molecule has 2 atom stereocenters. The van der Waals surface area contributed by atoms with Crippen LogP contribution in [0.1, 0.15) is 32.0 Å². The van der Waals surface area contributed by atoms with Gasteiger partial charge in [0.25, 0.3) is 0 Å². The number of aromatic nitrogens is 2. The molecule has 0 spiro atoms. The Morgan fingerprint density at radius 2 is 2.50 bits per heavy atom. The molecule has 4 nitrogen and oxygen atoms in total. The molecule has 1 aromatic heterocycles. The maximum Gasteiger partial charge on any atom is 0.109 e. The second-order valence-electron chi connectivity index (χ2n) is 5.20. The fourth-order valence-corrected chi connectivity index (χ4v) is 2.61. The summed E-state index contributed by atoms with van der Waals surface area (Å²) in [6.07, 6.45) is 8.52.